The maximum Gasteiger partial charge on any atom is 0.679 e. The first kappa shape index (κ1) is 14.3. The summed E-state index contributed by atoms with van der Waals surface area (Å²) in [4.78, 5) is 0. The zero-order valence-corrected chi connectivity index (χ0v) is 10.8. The highest BCUT2D eigenvalue weighted by molar-refractivity contribution is 6.53. The van der Waals surface area contributed by atoms with Crippen LogP contribution in [0, 0.1) is 0 Å². The first-order valence-corrected chi connectivity index (χ1v) is 6.85. The van der Waals surface area contributed by atoms with Crippen LogP contribution in [0.5, 0.6) is 0 Å². The fraction of sp³-hybridized carbons (Fsp3) is 1.00. The third-order valence-electron chi connectivity index (χ3n) is 1.63. The standard InChI is InChI=1S/C8H19ClO4Si/c1-4-12-14(10-2,11-3)13-8-6-5-7-9/h4-8H2,1-3H3. The van der Waals surface area contributed by atoms with E-state index in [4.69, 9.17) is 29.3 Å². The summed E-state index contributed by atoms with van der Waals surface area (Å²) in [7, 11) is 0.233. The largest absolute Gasteiger partial charge is 0.679 e. The van der Waals surface area contributed by atoms with E-state index in [2.05, 4.69) is 0 Å². The molecule has 0 aromatic heterocycles. The predicted octanol–water partition coefficient (Wildman–Crippen LogP) is 1.79. The zero-order valence-electron chi connectivity index (χ0n) is 9.05. The molecule has 0 aromatic carbocycles. The highest BCUT2D eigenvalue weighted by atomic mass is 35.5. The van der Waals surface area contributed by atoms with Gasteiger partial charge in [-0.3, -0.25) is 0 Å². The fourth-order valence-electron chi connectivity index (χ4n) is 0.931. The Bertz CT molecular complexity index is 133. The van der Waals surface area contributed by atoms with E-state index in [-0.39, 0.29) is 0 Å². The minimum Gasteiger partial charge on any atom is -0.355 e. The van der Waals surface area contributed by atoms with Crippen LogP contribution in [0.3, 0.4) is 0 Å². The number of rotatable bonds is 9. The molecule has 0 spiro atoms. The van der Waals surface area contributed by atoms with Gasteiger partial charge in [-0.25, -0.2) is 0 Å². The van der Waals surface area contributed by atoms with E-state index >= 15 is 0 Å². The molecule has 0 aliphatic heterocycles. The quantitative estimate of drug-likeness (QED) is 0.351. The van der Waals surface area contributed by atoms with Crippen molar-refractivity contribution < 1.29 is 17.7 Å². The summed E-state index contributed by atoms with van der Waals surface area (Å²) in [5, 5.41) is 0. The molecule has 0 saturated heterocycles. The second-order valence-electron chi connectivity index (χ2n) is 2.59. The monoisotopic (exact) mass is 242 g/mol. The van der Waals surface area contributed by atoms with E-state index in [1.54, 1.807) is 0 Å². The molecular weight excluding hydrogens is 224 g/mol. The average molecular weight is 243 g/mol. The van der Waals surface area contributed by atoms with Crippen LogP contribution in [0.1, 0.15) is 19.8 Å². The molecule has 0 radical (unpaired) electrons. The van der Waals surface area contributed by atoms with Gasteiger partial charge in [0, 0.05) is 33.3 Å². The molecule has 0 heterocycles. The molecule has 6 heteroatoms. The summed E-state index contributed by atoms with van der Waals surface area (Å²) in [6.07, 6.45) is 1.81. The Morgan fingerprint density at radius 2 is 1.71 bits per heavy atom. The molecule has 86 valence electrons. The van der Waals surface area contributed by atoms with Crippen molar-refractivity contribution in [3.8, 4) is 0 Å². The Morgan fingerprint density at radius 3 is 2.14 bits per heavy atom. The maximum absolute atomic E-state index is 5.54. The number of unbranched alkanes of at least 4 members (excludes halogenated alkanes) is 1. The van der Waals surface area contributed by atoms with Crippen molar-refractivity contribution in [1.29, 1.82) is 0 Å². The number of halogens is 1. The van der Waals surface area contributed by atoms with Gasteiger partial charge in [-0.05, 0) is 19.8 Å². The Balaban J connectivity index is 3.82. The van der Waals surface area contributed by atoms with Crippen LogP contribution >= 0.6 is 11.6 Å². The minimum absolute atomic E-state index is 0.517. The van der Waals surface area contributed by atoms with Crippen molar-refractivity contribution in [2.75, 3.05) is 33.3 Å². The van der Waals surface area contributed by atoms with Gasteiger partial charge < -0.3 is 17.7 Å². The third-order valence-corrected chi connectivity index (χ3v) is 4.10. The van der Waals surface area contributed by atoms with Crippen LogP contribution < -0.4 is 0 Å². The molecule has 0 N–H and O–H groups in total. The topological polar surface area (TPSA) is 36.9 Å². The third kappa shape index (κ3) is 5.28. The summed E-state index contributed by atoms with van der Waals surface area (Å²) >= 11 is 5.54. The predicted molar refractivity (Wildman–Crippen MR) is 57.3 cm³/mol. The van der Waals surface area contributed by atoms with E-state index in [0.717, 1.165) is 12.8 Å². The SMILES string of the molecule is CCO[Si](OC)(OC)OCCCCCl. The summed E-state index contributed by atoms with van der Waals surface area (Å²) in [5.41, 5.74) is 0. The van der Waals surface area contributed by atoms with Crippen LogP contribution in [0.15, 0.2) is 0 Å². The van der Waals surface area contributed by atoms with Crippen molar-refractivity contribution in [2.45, 2.75) is 19.8 Å². The van der Waals surface area contributed by atoms with Crippen LogP contribution in [0.2, 0.25) is 0 Å². The second-order valence-corrected chi connectivity index (χ2v) is 5.36. The van der Waals surface area contributed by atoms with Gasteiger partial charge in [0.15, 0.2) is 0 Å². The number of alkyl halides is 1. The summed E-state index contributed by atoms with van der Waals surface area (Å²) < 4.78 is 21.1. The van der Waals surface area contributed by atoms with Gasteiger partial charge in [0.25, 0.3) is 0 Å². The van der Waals surface area contributed by atoms with Crippen molar-refractivity contribution in [3.63, 3.8) is 0 Å². The van der Waals surface area contributed by atoms with Gasteiger partial charge in [0.2, 0.25) is 0 Å². The highest BCUT2D eigenvalue weighted by Crippen LogP contribution is 2.10. The number of hydrogen-bond acceptors (Lipinski definition) is 4. The summed E-state index contributed by atoms with van der Waals surface area (Å²) in [6.45, 7) is 2.95. The van der Waals surface area contributed by atoms with Gasteiger partial charge in [0.05, 0.1) is 0 Å². The lowest BCUT2D eigenvalue weighted by atomic mass is 10.4. The van der Waals surface area contributed by atoms with Gasteiger partial charge in [-0.15, -0.1) is 11.6 Å². The first-order valence-electron chi connectivity index (χ1n) is 4.68. The van der Waals surface area contributed by atoms with Crippen molar-refractivity contribution in [3.05, 3.63) is 0 Å². The van der Waals surface area contributed by atoms with Gasteiger partial charge in [-0.2, -0.15) is 0 Å². The molecular formula is C8H19ClO4Si. The van der Waals surface area contributed by atoms with Crippen molar-refractivity contribution >= 4 is 20.6 Å². The Hall–Kier alpha value is 0.347. The molecule has 4 nitrogen and oxygen atoms in total. The molecule has 0 aliphatic carbocycles. The maximum atomic E-state index is 5.54. The Morgan fingerprint density at radius 1 is 1.07 bits per heavy atom. The van der Waals surface area contributed by atoms with E-state index in [0.29, 0.717) is 19.1 Å². The zero-order chi connectivity index (χ0) is 10.9. The lowest BCUT2D eigenvalue weighted by Crippen LogP contribution is -2.47. The highest BCUT2D eigenvalue weighted by Gasteiger charge is 2.42. The molecule has 0 fully saturated rings. The molecule has 0 amide bonds. The van der Waals surface area contributed by atoms with Gasteiger partial charge >= 0.3 is 9.05 Å². The molecule has 0 unspecified atom stereocenters. The lowest BCUT2D eigenvalue weighted by molar-refractivity contribution is -0.00645. The molecule has 14 heavy (non-hydrogen) atoms. The summed E-state index contributed by atoms with van der Waals surface area (Å²) in [5.74, 6) is 0.645. The van der Waals surface area contributed by atoms with E-state index in [1.165, 1.54) is 14.2 Å². The smallest absolute Gasteiger partial charge is 0.355 e. The van der Waals surface area contributed by atoms with Crippen LogP contribution in [0.4, 0.5) is 0 Å². The lowest BCUT2D eigenvalue weighted by Gasteiger charge is -2.24. The van der Waals surface area contributed by atoms with E-state index < -0.39 is 9.05 Å². The second kappa shape index (κ2) is 8.64. The average Bonchev–Trinajstić information content (AvgIpc) is 2.23. The molecule has 0 atom stereocenters. The molecule has 0 bridgehead atoms. The number of hydrogen-bond donors (Lipinski definition) is 0. The van der Waals surface area contributed by atoms with E-state index in [9.17, 15) is 0 Å². The first-order chi connectivity index (χ1) is 6.74. The Labute approximate surface area is 91.9 Å². The van der Waals surface area contributed by atoms with E-state index in [1.807, 2.05) is 6.92 Å². The van der Waals surface area contributed by atoms with Crippen molar-refractivity contribution in [1.82, 2.24) is 0 Å². The molecule has 0 rings (SSSR count). The minimum atomic E-state index is -2.84. The Kier molecular flexibility index (Phi) is 8.85. The van der Waals surface area contributed by atoms with Crippen LogP contribution in [-0.4, -0.2) is 42.4 Å². The van der Waals surface area contributed by atoms with Crippen molar-refractivity contribution in [2.24, 2.45) is 0 Å². The van der Waals surface area contributed by atoms with Crippen LogP contribution in [-0.2, 0) is 17.7 Å². The van der Waals surface area contributed by atoms with Gasteiger partial charge in [-0.1, -0.05) is 0 Å². The fourth-order valence-corrected chi connectivity index (χ4v) is 2.59. The normalized spacial score (nSPS) is 12.0. The molecule has 0 aromatic rings. The molecule has 0 aliphatic rings. The van der Waals surface area contributed by atoms with Gasteiger partial charge in [0.1, 0.15) is 0 Å². The summed E-state index contributed by atoms with van der Waals surface area (Å²) in [6, 6.07) is 0. The molecule has 0 saturated carbocycles. The van der Waals surface area contributed by atoms with Crippen LogP contribution in [0.25, 0.3) is 0 Å².